The first kappa shape index (κ1) is 72.1. The molecule has 0 aromatic heterocycles. The standard InChI is InChI=1S/C68H129NO5/c1-3-5-7-9-11-13-15-17-18-19-28-32-35-38-42-46-50-54-58-62-68(73)74-63-59-55-51-47-43-39-36-33-30-27-25-23-21-20-22-24-26-29-31-34-37-41-45-49-53-57-61-67(72)69-65(64-70)66(71)60-56-52-48-44-40-16-14-12-10-8-6-4-2/h11,13,17-18,56,60,65-66,70-71H,3-10,12,14-16,19-55,57-59,61-64H2,1-2H3,(H,69,72)/b13-11-,18-17-,60-56+. The highest BCUT2D eigenvalue weighted by Crippen LogP contribution is 2.18. The van der Waals surface area contributed by atoms with E-state index in [1.54, 1.807) is 6.08 Å². The van der Waals surface area contributed by atoms with Gasteiger partial charge in [-0.2, -0.15) is 0 Å². The van der Waals surface area contributed by atoms with E-state index in [4.69, 9.17) is 4.74 Å². The predicted molar refractivity (Wildman–Crippen MR) is 324 cm³/mol. The van der Waals surface area contributed by atoms with Crippen molar-refractivity contribution in [2.24, 2.45) is 0 Å². The van der Waals surface area contributed by atoms with Crippen LogP contribution in [0.1, 0.15) is 361 Å². The van der Waals surface area contributed by atoms with Crippen molar-refractivity contribution in [2.45, 2.75) is 373 Å². The van der Waals surface area contributed by atoms with Gasteiger partial charge < -0.3 is 20.3 Å². The lowest BCUT2D eigenvalue weighted by Gasteiger charge is -2.20. The molecule has 74 heavy (non-hydrogen) atoms. The van der Waals surface area contributed by atoms with Gasteiger partial charge in [-0.3, -0.25) is 9.59 Å². The molecule has 436 valence electrons. The number of rotatable bonds is 62. The zero-order valence-electron chi connectivity index (χ0n) is 49.8. The monoisotopic (exact) mass is 1040 g/mol. The van der Waals surface area contributed by atoms with Crippen molar-refractivity contribution in [3.8, 4) is 0 Å². The number of carbonyl (C=O) groups excluding carboxylic acids is 2. The number of nitrogens with one attached hydrogen (secondary N) is 1. The van der Waals surface area contributed by atoms with Crippen LogP contribution in [0.3, 0.4) is 0 Å². The Balaban J connectivity index is 3.34. The van der Waals surface area contributed by atoms with E-state index in [2.05, 4.69) is 43.5 Å². The first-order chi connectivity index (χ1) is 36.5. The Kier molecular flexibility index (Phi) is 62.0. The molecular formula is C68H129NO5. The number of aliphatic hydroxyl groups excluding tert-OH is 2. The van der Waals surface area contributed by atoms with E-state index in [9.17, 15) is 19.8 Å². The number of aliphatic hydroxyl groups is 2. The van der Waals surface area contributed by atoms with Crippen LogP contribution in [-0.2, 0) is 14.3 Å². The van der Waals surface area contributed by atoms with Gasteiger partial charge in [0.05, 0.1) is 25.4 Å². The van der Waals surface area contributed by atoms with Gasteiger partial charge in [-0.1, -0.05) is 320 Å². The third kappa shape index (κ3) is 59.3. The molecule has 0 aliphatic heterocycles. The fourth-order valence-corrected chi connectivity index (χ4v) is 10.3. The lowest BCUT2D eigenvalue weighted by molar-refractivity contribution is -0.143. The normalized spacial score (nSPS) is 12.8. The highest BCUT2D eigenvalue weighted by atomic mass is 16.5. The van der Waals surface area contributed by atoms with E-state index in [0.717, 1.165) is 51.4 Å². The maximum atomic E-state index is 12.4. The molecule has 0 saturated heterocycles. The van der Waals surface area contributed by atoms with Crippen LogP contribution in [0, 0.1) is 0 Å². The van der Waals surface area contributed by atoms with Crippen LogP contribution in [0.25, 0.3) is 0 Å². The summed E-state index contributed by atoms with van der Waals surface area (Å²) in [5.41, 5.74) is 0. The minimum absolute atomic E-state index is 0.0132. The molecule has 0 aliphatic rings. The topological polar surface area (TPSA) is 95.9 Å². The quantitative estimate of drug-likeness (QED) is 0.0320. The van der Waals surface area contributed by atoms with Crippen LogP contribution in [0.4, 0.5) is 0 Å². The Hall–Kier alpha value is -1.92. The largest absolute Gasteiger partial charge is 0.466 e. The Labute approximate surface area is 462 Å². The molecule has 3 N–H and O–H groups in total. The van der Waals surface area contributed by atoms with Crippen LogP contribution in [0.5, 0.6) is 0 Å². The summed E-state index contributed by atoms with van der Waals surface area (Å²) in [5.74, 6) is -0.0522. The van der Waals surface area contributed by atoms with Crippen molar-refractivity contribution in [1.29, 1.82) is 0 Å². The number of unbranched alkanes of at least 4 members (excludes halogenated alkanes) is 47. The number of hydrogen-bond donors (Lipinski definition) is 3. The summed E-state index contributed by atoms with van der Waals surface area (Å²) in [7, 11) is 0. The van der Waals surface area contributed by atoms with Crippen LogP contribution in [0.2, 0.25) is 0 Å². The summed E-state index contributed by atoms with van der Waals surface area (Å²) in [6.45, 7) is 4.89. The van der Waals surface area contributed by atoms with Gasteiger partial charge >= 0.3 is 5.97 Å². The van der Waals surface area contributed by atoms with Crippen LogP contribution < -0.4 is 5.32 Å². The molecule has 0 aliphatic carbocycles. The fourth-order valence-electron chi connectivity index (χ4n) is 10.3. The summed E-state index contributed by atoms with van der Waals surface area (Å²) >= 11 is 0. The number of allylic oxidation sites excluding steroid dienone is 5. The molecule has 2 atom stereocenters. The number of esters is 1. The van der Waals surface area contributed by atoms with Crippen molar-refractivity contribution in [1.82, 2.24) is 5.32 Å². The van der Waals surface area contributed by atoms with E-state index in [1.165, 1.54) is 283 Å². The summed E-state index contributed by atoms with van der Waals surface area (Å²) in [5, 5.41) is 23.1. The molecule has 0 saturated carbocycles. The van der Waals surface area contributed by atoms with Gasteiger partial charge in [0.1, 0.15) is 0 Å². The van der Waals surface area contributed by atoms with E-state index < -0.39 is 12.1 Å². The SMILES string of the molecule is CCCCC/C=C\C/C=C\CCCCCCCCCCCC(=O)OCCCCCCCCCCCCCCCCCCCCCCCCCCCCC(=O)NC(CO)C(O)/C=C/CCCCCCCCCCCC. The highest BCUT2D eigenvalue weighted by molar-refractivity contribution is 5.76. The zero-order chi connectivity index (χ0) is 53.6. The molecule has 0 heterocycles. The van der Waals surface area contributed by atoms with E-state index in [-0.39, 0.29) is 18.5 Å². The summed E-state index contributed by atoms with van der Waals surface area (Å²) in [4.78, 5) is 24.6. The molecule has 6 nitrogen and oxygen atoms in total. The second-order valence-corrected chi connectivity index (χ2v) is 22.8. The molecule has 0 radical (unpaired) electrons. The third-order valence-corrected chi connectivity index (χ3v) is 15.4. The average Bonchev–Trinajstić information content (AvgIpc) is 3.40. The second-order valence-electron chi connectivity index (χ2n) is 22.8. The zero-order valence-corrected chi connectivity index (χ0v) is 49.8. The first-order valence-electron chi connectivity index (χ1n) is 33.3. The Bertz CT molecular complexity index is 1200. The highest BCUT2D eigenvalue weighted by Gasteiger charge is 2.18. The molecule has 0 bridgehead atoms. The summed E-state index contributed by atoms with van der Waals surface area (Å²) in [6.07, 6.45) is 80.7. The number of carbonyl (C=O) groups is 2. The number of ether oxygens (including phenoxy) is 1. The Morgan fingerprint density at radius 1 is 0.378 bits per heavy atom. The molecular weight excluding hydrogens is 911 g/mol. The van der Waals surface area contributed by atoms with Gasteiger partial charge in [0, 0.05) is 12.8 Å². The number of amides is 1. The van der Waals surface area contributed by atoms with Gasteiger partial charge in [0.15, 0.2) is 0 Å². The van der Waals surface area contributed by atoms with Crippen LogP contribution >= 0.6 is 0 Å². The van der Waals surface area contributed by atoms with Gasteiger partial charge in [-0.25, -0.2) is 0 Å². The van der Waals surface area contributed by atoms with Crippen molar-refractivity contribution in [3.05, 3.63) is 36.5 Å². The van der Waals surface area contributed by atoms with Crippen molar-refractivity contribution >= 4 is 11.9 Å². The van der Waals surface area contributed by atoms with Crippen LogP contribution in [0.15, 0.2) is 36.5 Å². The minimum Gasteiger partial charge on any atom is -0.466 e. The maximum absolute atomic E-state index is 12.4. The molecule has 1 amide bonds. The Morgan fingerprint density at radius 2 is 0.676 bits per heavy atom. The molecule has 2 unspecified atom stereocenters. The molecule has 0 aromatic carbocycles. The smallest absolute Gasteiger partial charge is 0.305 e. The average molecular weight is 1040 g/mol. The van der Waals surface area contributed by atoms with Gasteiger partial charge in [-0.15, -0.1) is 0 Å². The van der Waals surface area contributed by atoms with E-state index in [1.807, 2.05) is 6.08 Å². The summed E-state index contributed by atoms with van der Waals surface area (Å²) < 4.78 is 5.50. The van der Waals surface area contributed by atoms with Gasteiger partial charge in [0.2, 0.25) is 5.91 Å². The number of hydrogen-bond acceptors (Lipinski definition) is 5. The third-order valence-electron chi connectivity index (χ3n) is 15.4. The molecule has 0 spiro atoms. The minimum atomic E-state index is -0.842. The van der Waals surface area contributed by atoms with E-state index in [0.29, 0.717) is 19.4 Å². The fraction of sp³-hybridized carbons (Fsp3) is 0.882. The van der Waals surface area contributed by atoms with Gasteiger partial charge in [-0.05, 0) is 64.2 Å². The molecule has 0 rings (SSSR count). The van der Waals surface area contributed by atoms with Crippen molar-refractivity contribution in [3.63, 3.8) is 0 Å². The van der Waals surface area contributed by atoms with Gasteiger partial charge in [0.25, 0.3) is 0 Å². The lowest BCUT2D eigenvalue weighted by Crippen LogP contribution is -2.45. The first-order valence-corrected chi connectivity index (χ1v) is 33.3. The molecule has 6 heteroatoms. The predicted octanol–water partition coefficient (Wildman–Crippen LogP) is 21.1. The molecule has 0 aromatic rings. The van der Waals surface area contributed by atoms with E-state index >= 15 is 0 Å². The second kappa shape index (κ2) is 63.6. The van der Waals surface area contributed by atoms with Crippen molar-refractivity contribution < 1.29 is 24.5 Å². The lowest BCUT2D eigenvalue weighted by atomic mass is 10.0. The molecule has 0 fully saturated rings. The van der Waals surface area contributed by atoms with Crippen molar-refractivity contribution in [2.75, 3.05) is 13.2 Å². The summed E-state index contributed by atoms with van der Waals surface area (Å²) in [6, 6.07) is -0.625. The van der Waals surface area contributed by atoms with Crippen LogP contribution in [-0.4, -0.2) is 47.4 Å². The maximum Gasteiger partial charge on any atom is 0.305 e. The Morgan fingerprint density at radius 3 is 1.05 bits per heavy atom.